The number of hydrogen-bond donors (Lipinski definition) is 1. The van der Waals surface area contributed by atoms with Crippen molar-refractivity contribution in [2.75, 3.05) is 5.32 Å². The maximum atomic E-state index is 12.9. The molecular weight excluding hydrogens is 457 g/mol. The average molecular weight is 470 g/mol. The van der Waals surface area contributed by atoms with Gasteiger partial charge in [-0.15, -0.1) is 0 Å². The van der Waals surface area contributed by atoms with Gasteiger partial charge >= 0.3 is 18.7 Å². The van der Waals surface area contributed by atoms with Crippen molar-refractivity contribution < 1.29 is 36.2 Å². The number of amides is 1. The molecule has 0 saturated carbocycles. The van der Waals surface area contributed by atoms with Crippen LogP contribution in [0, 0.1) is 0 Å². The summed E-state index contributed by atoms with van der Waals surface area (Å²) in [4.78, 5) is 11.4. The predicted octanol–water partition coefficient (Wildman–Crippen LogP) is 6.59. The summed E-state index contributed by atoms with van der Waals surface area (Å²) in [6.07, 6.45) is -5.91. The van der Waals surface area contributed by atoms with Crippen LogP contribution in [0.1, 0.15) is 17.2 Å². The van der Waals surface area contributed by atoms with Gasteiger partial charge in [-0.1, -0.05) is 35.9 Å². The molecular formula is C22H13ClF5NO3. The molecule has 1 heterocycles. The molecule has 3 aromatic rings. The van der Waals surface area contributed by atoms with Gasteiger partial charge in [0.15, 0.2) is 0 Å². The zero-order chi connectivity index (χ0) is 23.0. The highest BCUT2D eigenvalue weighted by atomic mass is 35.5. The topological polar surface area (TPSA) is 47.6 Å². The fourth-order valence-corrected chi connectivity index (χ4v) is 3.66. The van der Waals surface area contributed by atoms with Crippen LogP contribution in [0.3, 0.4) is 0 Å². The van der Waals surface area contributed by atoms with Gasteiger partial charge in [0.2, 0.25) is 0 Å². The van der Waals surface area contributed by atoms with E-state index in [2.05, 4.69) is 4.74 Å². The van der Waals surface area contributed by atoms with Gasteiger partial charge in [-0.25, -0.2) is 0 Å². The number of anilines is 1. The number of carbonyl (C=O) groups excluding carboxylic acids is 1. The average Bonchev–Trinajstić information content (AvgIpc) is 2.72. The van der Waals surface area contributed by atoms with Crippen molar-refractivity contribution >= 4 is 23.2 Å². The zero-order valence-electron chi connectivity index (χ0n) is 15.9. The molecule has 4 rings (SSSR count). The third-order valence-electron chi connectivity index (χ3n) is 4.72. The highest BCUT2D eigenvalue weighted by Gasteiger charge is 2.39. The van der Waals surface area contributed by atoms with Crippen molar-refractivity contribution in [3.8, 4) is 22.6 Å². The fourth-order valence-electron chi connectivity index (χ4n) is 3.46. The van der Waals surface area contributed by atoms with Crippen LogP contribution in [0.5, 0.6) is 11.5 Å². The van der Waals surface area contributed by atoms with Gasteiger partial charge in [-0.2, -0.15) is 22.0 Å². The third kappa shape index (κ3) is 4.34. The maximum Gasteiger partial charge on any atom is 0.471 e. The first kappa shape index (κ1) is 21.9. The molecule has 166 valence electrons. The molecule has 0 radical (unpaired) electrons. The Morgan fingerprint density at radius 1 is 1.06 bits per heavy atom. The van der Waals surface area contributed by atoms with Gasteiger partial charge in [0.1, 0.15) is 17.6 Å². The van der Waals surface area contributed by atoms with Crippen molar-refractivity contribution in [1.82, 2.24) is 0 Å². The Kier molecular flexibility index (Phi) is 5.68. The van der Waals surface area contributed by atoms with Gasteiger partial charge in [-0.05, 0) is 47.5 Å². The first-order valence-electron chi connectivity index (χ1n) is 9.16. The Morgan fingerprint density at radius 2 is 1.81 bits per heavy atom. The van der Waals surface area contributed by atoms with E-state index in [9.17, 15) is 26.7 Å². The maximum absolute atomic E-state index is 12.9. The molecule has 1 aliphatic rings. The van der Waals surface area contributed by atoms with Gasteiger partial charge in [0.25, 0.3) is 0 Å². The minimum atomic E-state index is -5.08. The van der Waals surface area contributed by atoms with Crippen molar-refractivity contribution in [2.24, 2.45) is 0 Å². The number of fused-ring (bicyclic) bond motifs is 3. The molecule has 1 aliphatic heterocycles. The second-order valence-corrected chi connectivity index (χ2v) is 7.25. The van der Waals surface area contributed by atoms with Crippen LogP contribution in [0.15, 0.2) is 60.7 Å². The summed E-state index contributed by atoms with van der Waals surface area (Å²) >= 11 is 6.08. The predicted molar refractivity (Wildman–Crippen MR) is 107 cm³/mol. The molecule has 3 aromatic carbocycles. The quantitative estimate of drug-likeness (QED) is 0.438. The summed E-state index contributed by atoms with van der Waals surface area (Å²) < 4.78 is 74.6. The van der Waals surface area contributed by atoms with Crippen molar-refractivity contribution in [2.45, 2.75) is 18.9 Å². The molecule has 4 nitrogen and oxygen atoms in total. The Balaban J connectivity index is 1.86. The Hall–Kier alpha value is -3.33. The lowest BCUT2D eigenvalue weighted by molar-refractivity contribution is -0.167. The summed E-state index contributed by atoms with van der Waals surface area (Å²) in [7, 11) is 0. The van der Waals surface area contributed by atoms with Crippen LogP contribution in [-0.4, -0.2) is 18.7 Å². The Labute approximate surface area is 183 Å². The molecule has 10 heteroatoms. The van der Waals surface area contributed by atoms with Gasteiger partial charge in [-0.3, -0.25) is 4.79 Å². The molecule has 0 spiro atoms. The molecule has 0 aromatic heterocycles. The van der Waals surface area contributed by atoms with E-state index >= 15 is 0 Å². The number of carbonyl (C=O) groups is 1. The summed E-state index contributed by atoms with van der Waals surface area (Å²) in [5, 5.41) is 2.19. The summed E-state index contributed by atoms with van der Waals surface area (Å²) in [5.74, 6) is -2.06. The number of rotatable bonds is 4. The molecule has 0 aliphatic carbocycles. The van der Waals surface area contributed by atoms with Crippen LogP contribution in [0.4, 0.5) is 27.6 Å². The molecule has 0 fully saturated rings. The minimum Gasteiger partial charge on any atom is -0.480 e. The number of halogens is 6. The first-order valence-corrected chi connectivity index (χ1v) is 9.53. The standard InChI is InChI=1S/C22H13ClF5NO3/c23-12-4-1-3-11(9-12)19-15-10-13(29-20(30)22(26,27)28)7-8-14(15)18-16(31-19)5-2-6-17(18)32-21(24)25/h1-10,19,21H,(H,29,30). The molecule has 1 N–H and O–H groups in total. The van der Waals surface area contributed by atoms with E-state index in [1.807, 2.05) is 0 Å². The summed E-state index contributed by atoms with van der Waals surface area (Å²) in [6, 6.07) is 14.9. The van der Waals surface area contributed by atoms with E-state index in [1.165, 1.54) is 30.3 Å². The number of nitrogens with one attached hydrogen (secondary N) is 1. The van der Waals surface area contributed by atoms with E-state index in [4.69, 9.17) is 16.3 Å². The summed E-state index contributed by atoms with van der Waals surface area (Å²) in [6.45, 7) is -3.10. The van der Waals surface area contributed by atoms with E-state index < -0.39 is 24.8 Å². The summed E-state index contributed by atoms with van der Waals surface area (Å²) in [5.41, 5.74) is 1.39. The molecule has 0 bridgehead atoms. The second kappa shape index (κ2) is 8.31. The van der Waals surface area contributed by atoms with Crippen LogP contribution in [-0.2, 0) is 4.79 Å². The smallest absolute Gasteiger partial charge is 0.471 e. The number of hydrogen-bond acceptors (Lipinski definition) is 3. The Bertz CT molecular complexity index is 1180. The molecule has 0 saturated heterocycles. The zero-order valence-corrected chi connectivity index (χ0v) is 16.7. The van der Waals surface area contributed by atoms with E-state index in [0.717, 1.165) is 0 Å². The number of alkyl halides is 5. The third-order valence-corrected chi connectivity index (χ3v) is 4.95. The lowest BCUT2D eigenvalue weighted by Gasteiger charge is -2.30. The molecule has 1 amide bonds. The molecule has 1 unspecified atom stereocenters. The van der Waals surface area contributed by atoms with Crippen LogP contribution in [0.25, 0.3) is 11.1 Å². The van der Waals surface area contributed by atoms with E-state index in [-0.39, 0.29) is 22.7 Å². The lowest BCUT2D eigenvalue weighted by atomic mass is 9.88. The van der Waals surface area contributed by atoms with Gasteiger partial charge < -0.3 is 14.8 Å². The number of benzene rings is 3. The largest absolute Gasteiger partial charge is 0.480 e. The molecule has 32 heavy (non-hydrogen) atoms. The van der Waals surface area contributed by atoms with E-state index in [0.29, 0.717) is 21.7 Å². The van der Waals surface area contributed by atoms with Crippen molar-refractivity contribution in [3.05, 3.63) is 76.8 Å². The van der Waals surface area contributed by atoms with Crippen LogP contribution < -0.4 is 14.8 Å². The second-order valence-electron chi connectivity index (χ2n) is 6.81. The van der Waals surface area contributed by atoms with Crippen molar-refractivity contribution in [3.63, 3.8) is 0 Å². The Morgan fingerprint density at radius 3 is 2.50 bits per heavy atom. The normalized spacial score (nSPS) is 14.9. The minimum absolute atomic E-state index is 0.141. The van der Waals surface area contributed by atoms with Crippen LogP contribution in [0.2, 0.25) is 5.02 Å². The highest BCUT2D eigenvalue weighted by Crippen LogP contribution is 2.50. The van der Waals surface area contributed by atoms with Crippen LogP contribution >= 0.6 is 11.6 Å². The van der Waals surface area contributed by atoms with Gasteiger partial charge in [0.05, 0.1) is 5.56 Å². The van der Waals surface area contributed by atoms with E-state index in [1.54, 1.807) is 35.6 Å². The SMILES string of the molecule is O=C(Nc1ccc2c(c1)C(c1cccc(Cl)c1)Oc1cccc(OC(F)F)c1-2)C(F)(F)F. The first-order chi connectivity index (χ1) is 15.1. The fraction of sp³-hybridized carbons (Fsp3) is 0.136. The molecule has 1 atom stereocenters. The van der Waals surface area contributed by atoms with Gasteiger partial charge in [0, 0.05) is 16.3 Å². The monoisotopic (exact) mass is 469 g/mol. The highest BCUT2D eigenvalue weighted by molar-refractivity contribution is 6.30. The number of ether oxygens (including phenoxy) is 2. The lowest BCUT2D eigenvalue weighted by Crippen LogP contribution is -2.30. The van der Waals surface area contributed by atoms with Crippen molar-refractivity contribution in [1.29, 1.82) is 0 Å².